The Morgan fingerprint density at radius 2 is 2.16 bits per heavy atom. The van der Waals surface area contributed by atoms with Crippen LogP contribution in [0.4, 0.5) is 4.39 Å². The fraction of sp³-hybridized carbons (Fsp3) is 0.286. The molecule has 3 nitrogen and oxygen atoms in total. The standard InChI is InChI=1S/C14H14FN3S/c1-8-4-9(6-10(15)5-8)13-17-12-2-3-16-7-11(12)14(19)18-13/h4-6,16H,2-3,7H2,1H3,(H,17,18,19). The van der Waals surface area contributed by atoms with E-state index in [1.54, 1.807) is 0 Å². The summed E-state index contributed by atoms with van der Waals surface area (Å²) in [5.74, 6) is 0.392. The molecule has 1 aromatic heterocycles. The second-order valence-electron chi connectivity index (χ2n) is 4.79. The van der Waals surface area contributed by atoms with Gasteiger partial charge >= 0.3 is 0 Å². The predicted octanol–water partition coefficient (Wildman–Crippen LogP) is 2.90. The Morgan fingerprint density at radius 3 is 2.95 bits per heavy atom. The third kappa shape index (κ3) is 2.43. The molecular formula is C14H14FN3S. The quantitative estimate of drug-likeness (QED) is 0.786. The number of hydrogen-bond acceptors (Lipinski definition) is 3. The van der Waals surface area contributed by atoms with Gasteiger partial charge in [-0.2, -0.15) is 0 Å². The van der Waals surface area contributed by atoms with Crippen LogP contribution >= 0.6 is 12.2 Å². The van der Waals surface area contributed by atoms with Crippen molar-refractivity contribution in [2.75, 3.05) is 6.54 Å². The fourth-order valence-electron chi connectivity index (χ4n) is 2.38. The first-order chi connectivity index (χ1) is 9.13. The topological polar surface area (TPSA) is 40.7 Å². The molecule has 1 aliphatic heterocycles. The molecule has 2 N–H and O–H groups in total. The first-order valence-electron chi connectivity index (χ1n) is 6.24. The van der Waals surface area contributed by atoms with Gasteiger partial charge in [-0.05, 0) is 30.7 Å². The van der Waals surface area contributed by atoms with Crippen LogP contribution in [0.1, 0.15) is 16.8 Å². The molecule has 2 heterocycles. The van der Waals surface area contributed by atoms with E-state index in [0.717, 1.165) is 41.9 Å². The molecule has 0 amide bonds. The summed E-state index contributed by atoms with van der Waals surface area (Å²) < 4.78 is 14.1. The van der Waals surface area contributed by atoms with Gasteiger partial charge in [0.2, 0.25) is 0 Å². The summed E-state index contributed by atoms with van der Waals surface area (Å²) >= 11 is 5.33. The summed E-state index contributed by atoms with van der Waals surface area (Å²) in [6.07, 6.45) is 0.892. The molecule has 2 aromatic rings. The van der Waals surface area contributed by atoms with Crippen LogP contribution in [0, 0.1) is 17.4 Å². The van der Waals surface area contributed by atoms with Crippen molar-refractivity contribution in [3.8, 4) is 11.4 Å². The molecule has 0 radical (unpaired) electrons. The Hall–Kier alpha value is -1.59. The minimum Gasteiger partial charge on any atom is -0.343 e. The first kappa shape index (κ1) is 12.4. The van der Waals surface area contributed by atoms with Crippen molar-refractivity contribution in [3.05, 3.63) is 45.5 Å². The number of nitrogens with one attached hydrogen (secondary N) is 2. The van der Waals surface area contributed by atoms with Crippen molar-refractivity contribution in [2.24, 2.45) is 0 Å². The highest BCUT2D eigenvalue weighted by Crippen LogP contribution is 2.21. The van der Waals surface area contributed by atoms with Crippen LogP contribution in [0.25, 0.3) is 11.4 Å². The van der Waals surface area contributed by atoms with Crippen molar-refractivity contribution in [1.82, 2.24) is 15.3 Å². The van der Waals surface area contributed by atoms with Gasteiger partial charge in [0.05, 0.1) is 0 Å². The molecule has 19 heavy (non-hydrogen) atoms. The van der Waals surface area contributed by atoms with Crippen molar-refractivity contribution in [1.29, 1.82) is 0 Å². The Labute approximate surface area is 115 Å². The highest BCUT2D eigenvalue weighted by Gasteiger charge is 2.14. The van der Waals surface area contributed by atoms with Crippen molar-refractivity contribution in [3.63, 3.8) is 0 Å². The molecule has 0 bridgehead atoms. The molecule has 0 unspecified atom stereocenters. The number of H-pyrrole nitrogens is 1. The van der Waals surface area contributed by atoms with Gasteiger partial charge in [-0.1, -0.05) is 12.2 Å². The number of hydrogen-bond donors (Lipinski definition) is 2. The van der Waals surface area contributed by atoms with Gasteiger partial charge in [0.25, 0.3) is 0 Å². The lowest BCUT2D eigenvalue weighted by molar-refractivity contribution is 0.622. The monoisotopic (exact) mass is 275 g/mol. The van der Waals surface area contributed by atoms with Crippen LogP contribution in [-0.4, -0.2) is 16.5 Å². The normalized spacial score (nSPS) is 14.2. The molecule has 1 aromatic carbocycles. The summed E-state index contributed by atoms with van der Waals surface area (Å²) in [4.78, 5) is 7.68. The Bertz CT molecular complexity index is 673. The maximum Gasteiger partial charge on any atom is 0.139 e. The lowest BCUT2D eigenvalue weighted by atomic mass is 10.1. The van der Waals surface area contributed by atoms with Crippen LogP contribution in [0.2, 0.25) is 0 Å². The maximum absolute atomic E-state index is 13.5. The van der Waals surface area contributed by atoms with Crippen molar-refractivity contribution in [2.45, 2.75) is 19.9 Å². The molecule has 1 aliphatic rings. The van der Waals surface area contributed by atoms with Gasteiger partial charge in [-0.25, -0.2) is 9.37 Å². The average molecular weight is 275 g/mol. The Kier molecular flexibility index (Phi) is 3.16. The van der Waals surface area contributed by atoms with E-state index in [0.29, 0.717) is 10.5 Å². The highest BCUT2D eigenvalue weighted by atomic mass is 32.1. The molecule has 0 saturated carbocycles. The Balaban J connectivity index is 2.15. The van der Waals surface area contributed by atoms with E-state index in [4.69, 9.17) is 12.2 Å². The van der Waals surface area contributed by atoms with Gasteiger partial charge in [0, 0.05) is 36.3 Å². The second-order valence-corrected chi connectivity index (χ2v) is 5.18. The summed E-state index contributed by atoms with van der Waals surface area (Å²) in [6, 6.07) is 4.89. The number of halogens is 1. The minimum absolute atomic E-state index is 0.254. The number of aryl methyl sites for hydroxylation is 1. The summed E-state index contributed by atoms with van der Waals surface area (Å²) in [7, 11) is 0. The zero-order chi connectivity index (χ0) is 13.4. The van der Waals surface area contributed by atoms with Gasteiger partial charge < -0.3 is 10.3 Å². The molecule has 0 saturated heterocycles. The van der Waals surface area contributed by atoms with E-state index in [1.165, 1.54) is 12.1 Å². The lowest BCUT2D eigenvalue weighted by Crippen LogP contribution is -2.25. The summed E-state index contributed by atoms with van der Waals surface area (Å²) in [6.45, 7) is 3.54. The fourth-order valence-corrected chi connectivity index (χ4v) is 2.66. The van der Waals surface area contributed by atoms with E-state index in [9.17, 15) is 4.39 Å². The summed E-state index contributed by atoms with van der Waals surface area (Å²) in [5.41, 5.74) is 3.77. The number of aromatic amines is 1. The Morgan fingerprint density at radius 1 is 1.32 bits per heavy atom. The zero-order valence-electron chi connectivity index (χ0n) is 10.6. The van der Waals surface area contributed by atoms with E-state index in [2.05, 4.69) is 15.3 Å². The molecule has 0 aliphatic carbocycles. The maximum atomic E-state index is 13.5. The third-order valence-corrected chi connectivity index (χ3v) is 3.61. The second kappa shape index (κ2) is 4.83. The number of aromatic nitrogens is 2. The highest BCUT2D eigenvalue weighted by molar-refractivity contribution is 7.71. The van der Waals surface area contributed by atoms with Gasteiger partial charge in [0.15, 0.2) is 0 Å². The number of rotatable bonds is 1. The van der Waals surface area contributed by atoms with Gasteiger partial charge in [-0.3, -0.25) is 0 Å². The van der Waals surface area contributed by atoms with E-state index >= 15 is 0 Å². The molecular weight excluding hydrogens is 261 g/mol. The molecule has 5 heteroatoms. The molecule has 98 valence electrons. The first-order valence-corrected chi connectivity index (χ1v) is 6.64. The minimum atomic E-state index is -0.254. The van der Waals surface area contributed by atoms with Crippen LogP contribution in [0.5, 0.6) is 0 Å². The molecule has 3 rings (SSSR count). The van der Waals surface area contributed by atoms with Crippen LogP contribution in [0.3, 0.4) is 0 Å². The zero-order valence-corrected chi connectivity index (χ0v) is 11.4. The molecule has 0 atom stereocenters. The average Bonchev–Trinajstić information content (AvgIpc) is 2.37. The largest absolute Gasteiger partial charge is 0.343 e. The number of nitrogens with zero attached hydrogens (tertiary/aromatic N) is 1. The van der Waals surface area contributed by atoms with Crippen LogP contribution in [-0.2, 0) is 13.0 Å². The summed E-state index contributed by atoms with van der Waals surface area (Å²) in [5, 5.41) is 3.27. The van der Waals surface area contributed by atoms with Crippen LogP contribution < -0.4 is 5.32 Å². The van der Waals surface area contributed by atoms with Crippen LogP contribution in [0.15, 0.2) is 18.2 Å². The third-order valence-electron chi connectivity index (χ3n) is 3.27. The lowest BCUT2D eigenvalue weighted by Gasteiger charge is -2.17. The van der Waals surface area contributed by atoms with Crippen molar-refractivity contribution < 1.29 is 4.39 Å². The van der Waals surface area contributed by atoms with E-state index in [1.807, 2.05) is 13.0 Å². The van der Waals surface area contributed by atoms with E-state index < -0.39 is 0 Å². The smallest absolute Gasteiger partial charge is 0.139 e. The van der Waals surface area contributed by atoms with Gasteiger partial charge in [0.1, 0.15) is 16.3 Å². The molecule has 0 fully saturated rings. The number of fused-ring (bicyclic) bond motifs is 1. The number of benzene rings is 1. The van der Waals surface area contributed by atoms with Gasteiger partial charge in [-0.15, -0.1) is 0 Å². The van der Waals surface area contributed by atoms with Crippen molar-refractivity contribution >= 4 is 12.2 Å². The van der Waals surface area contributed by atoms with E-state index in [-0.39, 0.29) is 5.82 Å². The predicted molar refractivity (Wildman–Crippen MR) is 75.0 cm³/mol. The SMILES string of the molecule is Cc1cc(F)cc(-c2nc(=S)c3c([nH]2)CCNC3)c1. The molecule has 0 spiro atoms.